The minimum absolute atomic E-state index is 0.176. The summed E-state index contributed by atoms with van der Waals surface area (Å²) >= 11 is 0. The lowest BCUT2D eigenvalue weighted by Crippen LogP contribution is -2.37. The summed E-state index contributed by atoms with van der Waals surface area (Å²) in [5.41, 5.74) is 0.736. The van der Waals surface area contributed by atoms with Crippen molar-refractivity contribution in [2.45, 2.75) is 19.1 Å². The molecule has 0 unspecified atom stereocenters. The van der Waals surface area contributed by atoms with Crippen LogP contribution in [0, 0.1) is 0 Å². The molecule has 18 heavy (non-hydrogen) atoms. The van der Waals surface area contributed by atoms with Crippen molar-refractivity contribution in [3.63, 3.8) is 0 Å². The number of carbonyl (C=O) groups is 1. The monoisotopic (exact) mass is 249 g/mol. The Morgan fingerprint density at radius 3 is 2.89 bits per heavy atom. The summed E-state index contributed by atoms with van der Waals surface area (Å²) in [4.78, 5) is 13.7. The molecule has 2 rings (SSSR count). The van der Waals surface area contributed by atoms with E-state index in [0.717, 1.165) is 12.8 Å². The Labute approximate surface area is 106 Å². The van der Waals surface area contributed by atoms with Crippen LogP contribution in [0.25, 0.3) is 0 Å². The highest BCUT2D eigenvalue weighted by Crippen LogP contribution is 2.17. The molecule has 1 aliphatic heterocycles. The number of nitrogens with zero attached hydrogens (tertiary/aromatic N) is 1. The van der Waals surface area contributed by atoms with Crippen molar-refractivity contribution in [3.05, 3.63) is 29.8 Å². The lowest BCUT2D eigenvalue weighted by atomic mass is 9.79. The largest absolute Gasteiger partial charge is 0.488 e. The summed E-state index contributed by atoms with van der Waals surface area (Å²) < 4.78 is 5.44. The van der Waals surface area contributed by atoms with Gasteiger partial charge >= 0.3 is 7.12 Å². The lowest BCUT2D eigenvalue weighted by Gasteiger charge is -2.23. The Hall–Kier alpha value is -1.37. The fraction of sp³-hybridized carbons (Fsp3) is 0.417. The molecule has 0 saturated carbocycles. The highest BCUT2D eigenvalue weighted by Gasteiger charge is 2.25. The molecular weight excluding hydrogens is 233 g/mol. The predicted molar refractivity (Wildman–Crippen MR) is 67.3 cm³/mol. The standard InChI is InChI=1S/C12H16BNO4/c1-14(11-6-3-7-18-11)12(15)9-4-2-5-10(8-9)13(16)17/h2,4-5,8,11,16-17H,3,6-7H2,1H3/t11-/m0/s1. The van der Waals surface area contributed by atoms with Gasteiger partial charge < -0.3 is 19.7 Å². The highest BCUT2D eigenvalue weighted by molar-refractivity contribution is 6.58. The molecule has 0 spiro atoms. The molecule has 1 fully saturated rings. The molecule has 96 valence electrons. The molecule has 0 aromatic heterocycles. The summed E-state index contributed by atoms with van der Waals surface area (Å²) in [6.07, 6.45) is 1.61. The molecule has 6 heteroatoms. The molecule has 1 atom stereocenters. The molecule has 1 heterocycles. The van der Waals surface area contributed by atoms with Crippen LogP contribution in [0.1, 0.15) is 23.2 Å². The van der Waals surface area contributed by atoms with Gasteiger partial charge in [0.15, 0.2) is 0 Å². The second kappa shape index (κ2) is 5.52. The van der Waals surface area contributed by atoms with E-state index in [1.807, 2.05) is 0 Å². The fourth-order valence-electron chi connectivity index (χ4n) is 2.03. The molecule has 1 amide bonds. The first kappa shape index (κ1) is 13.1. The number of amides is 1. The Kier molecular flexibility index (Phi) is 4.01. The molecule has 0 bridgehead atoms. The van der Waals surface area contributed by atoms with E-state index in [0.29, 0.717) is 17.6 Å². The van der Waals surface area contributed by atoms with Crippen LogP contribution < -0.4 is 5.46 Å². The van der Waals surface area contributed by atoms with Crippen LogP contribution in [0.3, 0.4) is 0 Å². The van der Waals surface area contributed by atoms with Crippen LogP contribution in [0.5, 0.6) is 0 Å². The first-order chi connectivity index (χ1) is 8.59. The van der Waals surface area contributed by atoms with Gasteiger partial charge in [0.25, 0.3) is 5.91 Å². The zero-order valence-corrected chi connectivity index (χ0v) is 10.2. The number of hydrogen-bond acceptors (Lipinski definition) is 4. The second-order valence-electron chi connectivity index (χ2n) is 4.38. The quantitative estimate of drug-likeness (QED) is 0.713. The molecule has 1 saturated heterocycles. The maximum atomic E-state index is 12.2. The zero-order valence-electron chi connectivity index (χ0n) is 10.2. The van der Waals surface area contributed by atoms with E-state index in [2.05, 4.69) is 0 Å². The summed E-state index contributed by atoms with van der Waals surface area (Å²) in [5.74, 6) is -0.176. The Morgan fingerprint density at radius 1 is 1.50 bits per heavy atom. The lowest BCUT2D eigenvalue weighted by molar-refractivity contribution is 0.000884. The van der Waals surface area contributed by atoms with Crippen molar-refractivity contribution >= 4 is 18.5 Å². The molecule has 5 nitrogen and oxygen atoms in total. The van der Waals surface area contributed by atoms with Crippen molar-refractivity contribution in [2.75, 3.05) is 13.7 Å². The molecule has 1 aromatic rings. The number of ether oxygens (including phenoxy) is 1. The first-order valence-corrected chi connectivity index (χ1v) is 5.94. The van der Waals surface area contributed by atoms with E-state index in [-0.39, 0.29) is 12.1 Å². The minimum atomic E-state index is -1.56. The van der Waals surface area contributed by atoms with Crippen LogP contribution in [0.15, 0.2) is 24.3 Å². The third-order valence-electron chi connectivity index (χ3n) is 3.09. The maximum absolute atomic E-state index is 12.2. The third-order valence-corrected chi connectivity index (χ3v) is 3.09. The van der Waals surface area contributed by atoms with Crippen molar-refractivity contribution in [3.8, 4) is 0 Å². The van der Waals surface area contributed by atoms with E-state index in [1.54, 1.807) is 30.1 Å². The number of carbonyl (C=O) groups excluding carboxylic acids is 1. The average Bonchev–Trinajstić information content (AvgIpc) is 2.91. The van der Waals surface area contributed by atoms with Crippen LogP contribution >= 0.6 is 0 Å². The van der Waals surface area contributed by atoms with Crippen LogP contribution in [0.2, 0.25) is 0 Å². The van der Waals surface area contributed by atoms with Gasteiger partial charge in [-0.15, -0.1) is 0 Å². The van der Waals surface area contributed by atoms with Crippen molar-refractivity contribution in [1.82, 2.24) is 4.90 Å². The first-order valence-electron chi connectivity index (χ1n) is 5.94. The average molecular weight is 249 g/mol. The van der Waals surface area contributed by atoms with E-state index >= 15 is 0 Å². The van der Waals surface area contributed by atoms with E-state index in [1.165, 1.54) is 6.07 Å². The van der Waals surface area contributed by atoms with Gasteiger partial charge in [-0.25, -0.2) is 0 Å². The smallest absolute Gasteiger partial charge is 0.423 e. The molecule has 0 radical (unpaired) electrons. The Bertz CT molecular complexity index is 432. The van der Waals surface area contributed by atoms with Gasteiger partial charge in [-0.3, -0.25) is 4.79 Å². The Morgan fingerprint density at radius 2 is 2.28 bits per heavy atom. The SMILES string of the molecule is CN(C(=O)c1cccc(B(O)O)c1)[C@@H]1CCCO1. The third kappa shape index (κ3) is 2.72. The summed E-state index contributed by atoms with van der Waals surface area (Å²) in [6, 6.07) is 6.33. The zero-order chi connectivity index (χ0) is 13.1. The van der Waals surface area contributed by atoms with Crippen LogP contribution in [0.4, 0.5) is 0 Å². The summed E-state index contributed by atoms with van der Waals surface area (Å²) in [7, 11) is 0.131. The molecular formula is C12H16BNO4. The van der Waals surface area contributed by atoms with Gasteiger partial charge in [0, 0.05) is 19.2 Å². The van der Waals surface area contributed by atoms with Crippen molar-refractivity contribution < 1.29 is 19.6 Å². The number of benzene rings is 1. The normalized spacial score (nSPS) is 18.7. The van der Waals surface area contributed by atoms with Crippen molar-refractivity contribution in [2.24, 2.45) is 0 Å². The predicted octanol–water partition coefficient (Wildman–Crippen LogP) is -0.425. The molecule has 1 aromatic carbocycles. The van der Waals surface area contributed by atoms with Gasteiger partial charge in [-0.1, -0.05) is 12.1 Å². The fourth-order valence-corrected chi connectivity index (χ4v) is 2.03. The van der Waals surface area contributed by atoms with E-state index in [4.69, 9.17) is 14.8 Å². The van der Waals surface area contributed by atoms with Crippen molar-refractivity contribution in [1.29, 1.82) is 0 Å². The molecule has 1 aliphatic rings. The summed E-state index contributed by atoms with van der Waals surface area (Å²) in [5, 5.41) is 18.2. The van der Waals surface area contributed by atoms with Gasteiger partial charge in [-0.2, -0.15) is 0 Å². The number of rotatable bonds is 3. The van der Waals surface area contributed by atoms with Gasteiger partial charge in [0.2, 0.25) is 0 Å². The van der Waals surface area contributed by atoms with Crippen LogP contribution in [-0.2, 0) is 4.74 Å². The second-order valence-corrected chi connectivity index (χ2v) is 4.38. The molecule has 2 N–H and O–H groups in total. The van der Waals surface area contributed by atoms with E-state index in [9.17, 15) is 4.79 Å². The minimum Gasteiger partial charge on any atom is -0.423 e. The van der Waals surface area contributed by atoms with Gasteiger partial charge in [0.1, 0.15) is 6.23 Å². The maximum Gasteiger partial charge on any atom is 0.488 e. The highest BCUT2D eigenvalue weighted by atomic mass is 16.5. The number of hydrogen-bond donors (Lipinski definition) is 2. The topological polar surface area (TPSA) is 70.0 Å². The Balaban J connectivity index is 2.14. The summed E-state index contributed by atoms with van der Waals surface area (Å²) in [6.45, 7) is 0.678. The van der Waals surface area contributed by atoms with E-state index < -0.39 is 7.12 Å². The van der Waals surface area contributed by atoms with Gasteiger partial charge in [-0.05, 0) is 30.4 Å². The van der Waals surface area contributed by atoms with Gasteiger partial charge in [0.05, 0.1) is 0 Å². The van der Waals surface area contributed by atoms with Crippen LogP contribution in [-0.4, -0.2) is 47.9 Å². The molecule has 0 aliphatic carbocycles.